The van der Waals surface area contributed by atoms with E-state index in [1.807, 2.05) is 18.5 Å². The highest BCUT2D eigenvalue weighted by Gasteiger charge is 2.18. The maximum atomic E-state index is 12.1. The molecule has 2 aromatic heterocycles. The molecule has 0 radical (unpaired) electrons. The zero-order valence-corrected chi connectivity index (χ0v) is 12.6. The third kappa shape index (κ3) is 3.58. The summed E-state index contributed by atoms with van der Waals surface area (Å²) in [6.45, 7) is 0.547. The molecule has 0 aliphatic heterocycles. The van der Waals surface area contributed by atoms with E-state index in [-0.39, 0.29) is 11.8 Å². The first-order chi connectivity index (χ1) is 10.3. The molecule has 1 aliphatic carbocycles. The van der Waals surface area contributed by atoms with Gasteiger partial charge in [0.1, 0.15) is 0 Å². The van der Waals surface area contributed by atoms with Crippen LogP contribution in [0.4, 0.5) is 0 Å². The van der Waals surface area contributed by atoms with Gasteiger partial charge in [-0.05, 0) is 42.3 Å². The molecule has 1 N–H and O–H groups in total. The molecule has 1 amide bonds. The van der Waals surface area contributed by atoms with E-state index in [1.54, 1.807) is 11.3 Å². The SMILES string of the molecule is O=C(NCc1cncc(-c2cccs2)c1)[C@H]1CC=CCC1. The van der Waals surface area contributed by atoms with Gasteiger partial charge in [-0.1, -0.05) is 18.2 Å². The summed E-state index contributed by atoms with van der Waals surface area (Å²) in [5.74, 6) is 0.282. The number of aromatic nitrogens is 1. The van der Waals surface area contributed by atoms with Crippen LogP contribution in [-0.2, 0) is 11.3 Å². The molecule has 4 heteroatoms. The van der Waals surface area contributed by atoms with Crippen LogP contribution in [0.1, 0.15) is 24.8 Å². The molecule has 2 heterocycles. The Bertz CT molecular complexity index is 634. The van der Waals surface area contributed by atoms with Crippen molar-refractivity contribution >= 4 is 17.2 Å². The third-order valence-electron chi connectivity index (χ3n) is 3.71. The van der Waals surface area contributed by atoms with Crippen molar-refractivity contribution in [2.45, 2.75) is 25.8 Å². The predicted molar refractivity (Wildman–Crippen MR) is 85.9 cm³/mol. The Labute approximate surface area is 128 Å². The monoisotopic (exact) mass is 298 g/mol. The quantitative estimate of drug-likeness (QED) is 0.873. The van der Waals surface area contributed by atoms with Crippen LogP contribution in [0.15, 0.2) is 48.1 Å². The number of rotatable bonds is 4. The molecule has 0 unspecified atom stereocenters. The van der Waals surface area contributed by atoms with E-state index < -0.39 is 0 Å². The van der Waals surface area contributed by atoms with Crippen molar-refractivity contribution in [3.8, 4) is 10.4 Å². The fraction of sp³-hybridized carbons (Fsp3) is 0.294. The molecule has 0 saturated carbocycles. The average Bonchev–Trinajstić information content (AvgIpc) is 3.08. The summed E-state index contributed by atoms with van der Waals surface area (Å²) in [6.07, 6.45) is 10.8. The smallest absolute Gasteiger partial charge is 0.223 e. The van der Waals surface area contributed by atoms with Crippen LogP contribution in [0.3, 0.4) is 0 Å². The van der Waals surface area contributed by atoms with Crippen molar-refractivity contribution < 1.29 is 4.79 Å². The number of amides is 1. The van der Waals surface area contributed by atoms with Crippen molar-refractivity contribution in [3.05, 3.63) is 53.7 Å². The van der Waals surface area contributed by atoms with Gasteiger partial charge in [-0.3, -0.25) is 9.78 Å². The summed E-state index contributed by atoms with van der Waals surface area (Å²) in [5, 5.41) is 5.09. The van der Waals surface area contributed by atoms with Crippen molar-refractivity contribution in [3.63, 3.8) is 0 Å². The molecule has 1 atom stereocenters. The Morgan fingerprint density at radius 1 is 1.38 bits per heavy atom. The van der Waals surface area contributed by atoms with E-state index in [0.717, 1.165) is 30.4 Å². The van der Waals surface area contributed by atoms with Gasteiger partial charge >= 0.3 is 0 Å². The first-order valence-electron chi connectivity index (χ1n) is 7.23. The minimum atomic E-state index is 0.128. The second-order valence-electron chi connectivity index (χ2n) is 5.26. The van der Waals surface area contributed by atoms with E-state index in [1.165, 1.54) is 4.88 Å². The number of hydrogen-bond acceptors (Lipinski definition) is 3. The van der Waals surface area contributed by atoms with Gasteiger partial charge in [0.25, 0.3) is 0 Å². The van der Waals surface area contributed by atoms with E-state index in [9.17, 15) is 4.79 Å². The largest absolute Gasteiger partial charge is 0.352 e. The van der Waals surface area contributed by atoms with Crippen LogP contribution >= 0.6 is 11.3 Å². The lowest BCUT2D eigenvalue weighted by molar-refractivity contribution is -0.125. The maximum Gasteiger partial charge on any atom is 0.223 e. The summed E-state index contributed by atoms with van der Waals surface area (Å²) >= 11 is 1.70. The lowest BCUT2D eigenvalue weighted by atomic mass is 9.93. The molecule has 21 heavy (non-hydrogen) atoms. The topological polar surface area (TPSA) is 42.0 Å². The molecule has 108 valence electrons. The standard InChI is InChI=1S/C17H18N2OS/c20-17(14-5-2-1-3-6-14)19-11-13-9-15(12-18-10-13)16-7-4-8-21-16/h1-2,4,7-10,12,14H,3,5-6,11H2,(H,19,20)/t14-/m0/s1. The second-order valence-corrected chi connectivity index (χ2v) is 6.21. The highest BCUT2D eigenvalue weighted by Crippen LogP contribution is 2.24. The minimum absolute atomic E-state index is 0.128. The Kier molecular flexibility index (Phi) is 4.46. The first-order valence-corrected chi connectivity index (χ1v) is 8.11. The van der Waals surface area contributed by atoms with Gasteiger partial charge in [-0.2, -0.15) is 0 Å². The summed E-state index contributed by atoms with van der Waals surface area (Å²) in [4.78, 5) is 17.6. The lowest BCUT2D eigenvalue weighted by Gasteiger charge is -2.17. The molecule has 2 aromatic rings. The lowest BCUT2D eigenvalue weighted by Crippen LogP contribution is -2.30. The van der Waals surface area contributed by atoms with Crippen LogP contribution in [0.25, 0.3) is 10.4 Å². The summed E-state index contributed by atoms with van der Waals surface area (Å²) in [5.41, 5.74) is 2.15. The van der Waals surface area contributed by atoms with E-state index >= 15 is 0 Å². The van der Waals surface area contributed by atoms with Gasteiger partial charge in [0, 0.05) is 35.3 Å². The summed E-state index contributed by atoms with van der Waals surface area (Å²) in [7, 11) is 0. The van der Waals surface area contributed by atoms with Crippen LogP contribution in [-0.4, -0.2) is 10.9 Å². The summed E-state index contributed by atoms with van der Waals surface area (Å²) in [6, 6.07) is 6.21. The van der Waals surface area contributed by atoms with Gasteiger partial charge in [-0.25, -0.2) is 0 Å². The van der Waals surface area contributed by atoms with E-state index in [0.29, 0.717) is 6.54 Å². The zero-order valence-electron chi connectivity index (χ0n) is 11.8. The van der Waals surface area contributed by atoms with Crippen LogP contribution in [0.5, 0.6) is 0 Å². The van der Waals surface area contributed by atoms with Crippen LogP contribution in [0.2, 0.25) is 0 Å². The molecular weight excluding hydrogens is 280 g/mol. The average molecular weight is 298 g/mol. The maximum absolute atomic E-state index is 12.1. The van der Waals surface area contributed by atoms with Gasteiger partial charge in [0.05, 0.1) is 0 Å². The predicted octanol–water partition coefficient (Wildman–Crippen LogP) is 3.78. The van der Waals surface area contributed by atoms with Gasteiger partial charge in [0.15, 0.2) is 0 Å². The van der Waals surface area contributed by atoms with Crippen molar-refractivity contribution in [1.82, 2.24) is 10.3 Å². The molecule has 0 spiro atoms. The number of carbonyl (C=O) groups excluding carboxylic acids is 1. The first kappa shape index (κ1) is 14.0. The van der Waals surface area contributed by atoms with Crippen LogP contribution < -0.4 is 5.32 Å². The number of carbonyl (C=O) groups is 1. The molecular formula is C17H18N2OS. The highest BCUT2D eigenvalue weighted by atomic mass is 32.1. The third-order valence-corrected chi connectivity index (χ3v) is 4.63. The fourth-order valence-electron chi connectivity index (χ4n) is 2.53. The minimum Gasteiger partial charge on any atom is -0.352 e. The number of nitrogens with zero attached hydrogens (tertiary/aromatic N) is 1. The summed E-state index contributed by atoms with van der Waals surface area (Å²) < 4.78 is 0. The number of nitrogens with one attached hydrogen (secondary N) is 1. The van der Waals surface area contributed by atoms with Gasteiger partial charge < -0.3 is 5.32 Å². The normalized spacial score (nSPS) is 17.6. The number of allylic oxidation sites excluding steroid dienone is 2. The molecule has 0 aromatic carbocycles. The highest BCUT2D eigenvalue weighted by molar-refractivity contribution is 7.13. The Balaban J connectivity index is 1.61. The zero-order chi connectivity index (χ0) is 14.5. The van der Waals surface area contributed by atoms with Crippen molar-refractivity contribution in [2.24, 2.45) is 5.92 Å². The Hall–Kier alpha value is -1.94. The molecule has 3 rings (SSSR count). The van der Waals surface area contributed by atoms with Crippen molar-refractivity contribution in [1.29, 1.82) is 0 Å². The van der Waals surface area contributed by atoms with E-state index in [4.69, 9.17) is 0 Å². The van der Waals surface area contributed by atoms with Gasteiger partial charge in [-0.15, -0.1) is 11.3 Å². The van der Waals surface area contributed by atoms with Crippen molar-refractivity contribution in [2.75, 3.05) is 0 Å². The van der Waals surface area contributed by atoms with Gasteiger partial charge in [0.2, 0.25) is 5.91 Å². The fourth-order valence-corrected chi connectivity index (χ4v) is 3.24. The Morgan fingerprint density at radius 2 is 2.33 bits per heavy atom. The number of pyridine rings is 1. The Morgan fingerprint density at radius 3 is 3.10 bits per heavy atom. The van der Waals surface area contributed by atoms with E-state index in [2.05, 4.69) is 40.0 Å². The number of thiophene rings is 1. The molecule has 3 nitrogen and oxygen atoms in total. The molecule has 0 fully saturated rings. The molecule has 0 bridgehead atoms. The molecule has 0 saturated heterocycles. The molecule has 1 aliphatic rings. The second kappa shape index (κ2) is 6.68. The number of hydrogen-bond donors (Lipinski definition) is 1. The van der Waals surface area contributed by atoms with Crippen LogP contribution in [0, 0.1) is 5.92 Å².